The number of rotatable bonds is 1. The third-order valence-corrected chi connectivity index (χ3v) is 16.7. The fraction of sp³-hybridized carbons (Fsp3) is 1.00. The van der Waals surface area contributed by atoms with Gasteiger partial charge in [-0.15, -0.1) is 0 Å². The fourth-order valence-corrected chi connectivity index (χ4v) is 7.65. The molecule has 0 aromatic carbocycles. The monoisotopic (exact) mass is 668 g/mol. The molecule has 0 amide bonds. The van der Waals surface area contributed by atoms with Gasteiger partial charge in [-0.05, 0) is 19.3 Å². The molecule has 84 valence electrons. The molecular weight excluding hydrogens is 660 g/mol. The van der Waals surface area contributed by atoms with E-state index in [1.165, 1.54) is 0 Å². The fourth-order valence-electron chi connectivity index (χ4n) is 1.39. The van der Waals surface area contributed by atoms with Crippen molar-refractivity contribution in [1.29, 1.82) is 0 Å². The first-order chi connectivity index (χ1) is 6.13. The second-order valence-electron chi connectivity index (χ2n) is 3.19. The van der Waals surface area contributed by atoms with Crippen LogP contribution < -0.4 is 0 Å². The molecule has 0 spiro atoms. The first-order valence-corrected chi connectivity index (χ1v) is 9.73. The summed E-state index contributed by atoms with van der Waals surface area (Å²) in [5.41, 5.74) is 0. The third kappa shape index (κ3) is 2.48. The average molecular weight is 668 g/mol. The van der Waals surface area contributed by atoms with Gasteiger partial charge in [0.15, 0.2) is 2.75 Å². The average Bonchev–Trinajstić information content (AvgIpc) is 1.98. The SMILES string of the molecule is O=S(=O)(O)C1(I)CCCC(I)C1(I)I. The Labute approximate surface area is 138 Å². The topological polar surface area (TPSA) is 54.4 Å². The smallest absolute Gasteiger partial charge is 0.282 e. The quantitative estimate of drug-likeness (QED) is 0.265. The van der Waals surface area contributed by atoms with Gasteiger partial charge < -0.3 is 0 Å². The standard InChI is InChI=1S/C6H8I4O3S/c7-4-2-1-3-5(8,6(4,9)10)14(11,12)13/h4H,1-3H2,(H,11,12,13). The van der Waals surface area contributed by atoms with E-state index >= 15 is 0 Å². The summed E-state index contributed by atoms with van der Waals surface area (Å²) in [5.74, 6) is 0. The molecule has 0 aromatic rings. The van der Waals surface area contributed by atoms with Crippen LogP contribution in [0.3, 0.4) is 0 Å². The summed E-state index contributed by atoms with van der Waals surface area (Å²) in [6.45, 7) is 0. The first kappa shape index (κ1) is 14.9. The van der Waals surface area contributed by atoms with Crippen molar-refractivity contribution in [3.63, 3.8) is 0 Å². The predicted octanol–water partition coefficient (Wildman–Crippen LogP) is 3.56. The van der Waals surface area contributed by atoms with E-state index in [-0.39, 0.29) is 3.92 Å². The van der Waals surface area contributed by atoms with Gasteiger partial charge in [-0.3, -0.25) is 4.55 Å². The van der Waals surface area contributed by atoms with Crippen LogP contribution in [0.15, 0.2) is 0 Å². The number of hydrogen-bond donors (Lipinski definition) is 1. The highest BCUT2D eigenvalue weighted by Crippen LogP contribution is 2.58. The lowest BCUT2D eigenvalue weighted by molar-refractivity contribution is 0.431. The summed E-state index contributed by atoms with van der Waals surface area (Å²) in [4.78, 5) is 0. The lowest BCUT2D eigenvalue weighted by atomic mass is 10.00. The van der Waals surface area contributed by atoms with Gasteiger partial charge in [0.2, 0.25) is 0 Å². The maximum absolute atomic E-state index is 11.4. The Morgan fingerprint density at radius 1 is 1.29 bits per heavy atom. The minimum absolute atomic E-state index is 0.258. The highest BCUT2D eigenvalue weighted by atomic mass is 127. The summed E-state index contributed by atoms with van der Waals surface area (Å²) in [5, 5.41) is 0. The zero-order valence-electron chi connectivity index (χ0n) is 6.88. The minimum atomic E-state index is -4.00. The molecule has 0 bridgehead atoms. The Morgan fingerprint density at radius 2 is 1.79 bits per heavy atom. The van der Waals surface area contributed by atoms with Crippen LogP contribution in [0.2, 0.25) is 0 Å². The van der Waals surface area contributed by atoms with Crippen molar-refractivity contribution in [3.8, 4) is 0 Å². The molecule has 1 saturated carbocycles. The molecule has 2 atom stereocenters. The van der Waals surface area contributed by atoms with E-state index in [1.807, 2.05) is 22.6 Å². The Kier molecular flexibility index (Phi) is 5.14. The highest BCUT2D eigenvalue weighted by Gasteiger charge is 2.60. The summed E-state index contributed by atoms with van der Waals surface area (Å²) in [7, 11) is -4.00. The molecule has 1 aliphatic carbocycles. The molecule has 3 nitrogen and oxygen atoms in total. The molecule has 2 unspecified atom stereocenters. The van der Waals surface area contributed by atoms with Crippen LogP contribution >= 0.6 is 90.4 Å². The Morgan fingerprint density at radius 3 is 2.14 bits per heavy atom. The molecule has 0 radical (unpaired) electrons. The molecule has 0 aromatic heterocycles. The summed E-state index contributed by atoms with van der Waals surface area (Å²) >= 11 is 8.47. The minimum Gasteiger partial charge on any atom is -0.284 e. The Hall–Kier alpha value is 2.83. The molecule has 1 rings (SSSR count). The van der Waals surface area contributed by atoms with Crippen molar-refractivity contribution in [2.45, 2.75) is 27.4 Å². The Balaban J connectivity index is 3.21. The van der Waals surface area contributed by atoms with Gasteiger partial charge in [-0.2, -0.15) is 8.42 Å². The molecule has 1 aliphatic rings. The van der Waals surface area contributed by atoms with Gasteiger partial charge in [0.1, 0.15) is 1.43 Å². The lowest BCUT2D eigenvalue weighted by Gasteiger charge is -2.43. The van der Waals surface area contributed by atoms with Gasteiger partial charge in [0, 0.05) is 3.92 Å². The largest absolute Gasteiger partial charge is 0.284 e. The Bertz CT molecular complexity index is 328. The lowest BCUT2D eigenvalue weighted by Crippen LogP contribution is -2.53. The van der Waals surface area contributed by atoms with Crippen molar-refractivity contribution in [3.05, 3.63) is 0 Å². The number of halogens is 4. The molecule has 14 heavy (non-hydrogen) atoms. The summed E-state index contributed by atoms with van der Waals surface area (Å²) < 4.78 is 30.9. The normalized spacial score (nSPS) is 38.2. The summed E-state index contributed by atoms with van der Waals surface area (Å²) in [6.07, 6.45) is 2.38. The van der Waals surface area contributed by atoms with Crippen molar-refractivity contribution in [1.82, 2.24) is 0 Å². The van der Waals surface area contributed by atoms with Crippen LogP contribution in [-0.2, 0) is 10.1 Å². The second-order valence-corrected chi connectivity index (χ2v) is 14.4. The van der Waals surface area contributed by atoms with Crippen LogP contribution in [0.25, 0.3) is 0 Å². The van der Waals surface area contributed by atoms with Crippen LogP contribution in [-0.4, -0.2) is 21.1 Å². The van der Waals surface area contributed by atoms with E-state index in [4.69, 9.17) is 0 Å². The molecule has 0 saturated heterocycles. The van der Waals surface area contributed by atoms with E-state index < -0.39 is 14.3 Å². The maximum Gasteiger partial charge on any atom is 0.282 e. The van der Waals surface area contributed by atoms with E-state index in [2.05, 4.69) is 67.8 Å². The van der Waals surface area contributed by atoms with Gasteiger partial charge in [0.05, 0.1) is 0 Å². The van der Waals surface area contributed by atoms with Crippen LogP contribution in [0.5, 0.6) is 0 Å². The maximum atomic E-state index is 11.4. The van der Waals surface area contributed by atoms with Crippen molar-refractivity contribution < 1.29 is 13.0 Å². The predicted molar refractivity (Wildman–Crippen MR) is 90.7 cm³/mol. The van der Waals surface area contributed by atoms with Crippen molar-refractivity contribution in [2.24, 2.45) is 0 Å². The molecule has 1 fully saturated rings. The van der Waals surface area contributed by atoms with E-state index in [1.54, 1.807) is 0 Å². The third-order valence-electron chi connectivity index (χ3n) is 2.26. The zero-order valence-corrected chi connectivity index (χ0v) is 16.3. The summed E-state index contributed by atoms with van der Waals surface area (Å²) in [6, 6.07) is 0. The first-order valence-electron chi connectivity index (χ1n) is 3.81. The molecule has 0 heterocycles. The van der Waals surface area contributed by atoms with Gasteiger partial charge >= 0.3 is 0 Å². The molecular formula is C6H8I4O3S. The molecule has 1 N–H and O–H groups in total. The van der Waals surface area contributed by atoms with E-state index in [9.17, 15) is 13.0 Å². The van der Waals surface area contributed by atoms with E-state index in [0.717, 1.165) is 12.8 Å². The molecule has 0 aliphatic heterocycles. The van der Waals surface area contributed by atoms with Crippen LogP contribution in [0, 0.1) is 0 Å². The van der Waals surface area contributed by atoms with Gasteiger partial charge in [-0.25, -0.2) is 0 Å². The van der Waals surface area contributed by atoms with Crippen LogP contribution in [0.1, 0.15) is 19.3 Å². The number of alkyl halides is 4. The van der Waals surface area contributed by atoms with E-state index in [0.29, 0.717) is 6.42 Å². The molecule has 8 heteroatoms. The number of hydrogen-bond acceptors (Lipinski definition) is 2. The highest BCUT2D eigenvalue weighted by molar-refractivity contribution is 14.2. The second kappa shape index (κ2) is 4.84. The van der Waals surface area contributed by atoms with Gasteiger partial charge in [0.25, 0.3) is 10.1 Å². The van der Waals surface area contributed by atoms with Crippen molar-refractivity contribution >= 4 is 100 Å². The van der Waals surface area contributed by atoms with Crippen molar-refractivity contribution in [2.75, 3.05) is 0 Å². The zero-order chi connectivity index (χ0) is 11.2. The van der Waals surface area contributed by atoms with Crippen LogP contribution in [0.4, 0.5) is 0 Å². The van der Waals surface area contributed by atoms with Gasteiger partial charge in [-0.1, -0.05) is 90.4 Å².